The summed E-state index contributed by atoms with van der Waals surface area (Å²) in [4.78, 5) is 8.37. The van der Waals surface area contributed by atoms with E-state index in [0.717, 1.165) is 21.8 Å². The fraction of sp³-hybridized carbons (Fsp3) is 0.0588. The number of aryl methyl sites for hydroxylation is 1. The quantitative estimate of drug-likeness (QED) is 0.501. The van der Waals surface area contributed by atoms with Crippen LogP contribution in [0.2, 0.25) is 0 Å². The van der Waals surface area contributed by atoms with Crippen LogP contribution in [0.4, 0.5) is 5.69 Å². The van der Waals surface area contributed by atoms with E-state index in [0.29, 0.717) is 0 Å². The molecule has 0 amide bonds. The summed E-state index contributed by atoms with van der Waals surface area (Å²) in [6.07, 6.45) is 1.77. The van der Waals surface area contributed by atoms with Crippen LogP contribution in [0.25, 0.3) is 20.8 Å². The zero-order chi connectivity index (χ0) is 15.4. The Bertz CT molecular complexity index is 832. The average Bonchev–Trinajstić information content (AvgIpc) is 3.20. The number of nitrogens with zero attached hydrogens (tertiary/aromatic N) is 2. The molecule has 0 radical (unpaired) electrons. The van der Waals surface area contributed by atoms with Gasteiger partial charge < -0.3 is 5.73 Å². The summed E-state index contributed by atoms with van der Waals surface area (Å²) in [6, 6.07) is 14.2. The number of anilines is 1. The summed E-state index contributed by atoms with van der Waals surface area (Å²) >= 11 is 3.32. The highest BCUT2D eigenvalue weighted by Crippen LogP contribution is 2.30. The molecule has 0 aliphatic rings. The number of hydrogen-bond acceptors (Lipinski definition) is 5. The first-order chi connectivity index (χ1) is 10.7. The van der Waals surface area contributed by atoms with E-state index >= 15 is 0 Å². The van der Waals surface area contributed by atoms with Crippen molar-refractivity contribution in [1.29, 1.82) is 0 Å². The summed E-state index contributed by atoms with van der Waals surface area (Å²) in [5, 5.41) is 2.98. The number of aromatic nitrogens is 2. The van der Waals surface area contributed by atoms with Crippen LogP contribution in [0.15, 0.2) is 59.6 Å². The van der Waals surface area contributed by atoms with Crippen molar-refractivity contribution in [2.75, 3.05) is 5.73 Å². The summed E-state index contributed by atoms with van der Waals surface area (Å²) in [5.74, 6) is 0. The molecule has 2 heterocycles. The van der Waals surface area contributed by atoms with E-state index in [1.807, 2.05) is 29.6 Å². The van der Waals surface area contributed by atoms with Gasteiger partial charge in [0, 0.05) is 22.8 Å². The highest BCUT2D eigenvalue weighted by Gasteiger charge is 2.05. The van der Waals surface area contributed by atoms with Crippen LogP contribution in [-0.4, -0.2) is 9.97 Å². The van der Waals surface area contributed by atoms with Gasteiger partial charge in [0.25, 0.3) is 0 Å². The molecule has 0 atom stereocenters. The molecule has 4 aromatic rings. The molecular formula is C17H15N3S2. The fourth-order valence-electron chi connectivity index (χ4n) is 1.96. The normalized spacial score (nSPS) is 10.2. The van der Waals surface area contributed by atoms with Crippen molar-refractivity contribution >= 4 is 38.6 Å². The third-order valence-electron chi connectivity index (χ3n) is 3.05. The van der Waals surface area contributed by atoms with Crippen molar-refractivity contribution in [3.05, 3.63) is 65.1 Å². The Morgan fingerprint density at radius 3 is 2.50 bits per heavy atom. The van der Waals surface area contributed by atoms with Gasteiger partial charge in [-0.25, -0.2) is 4.98 Å². The van der Waals surface area contributed by atoms with Crippen LogP contribution in [-0.2, 0) is 0 Å². The van der Waals surface area contributed by atoms with E-state index in [9.17, 15) is 0 Å². The average molecular weight is 325 g/mol. The molecule has 2 aromatic heterocycles. The minimum Gasteiger partial charge on any atom is -0.399 e. The van der Waals surface area contributed by atoms with Gasteiger partial charge in [-0.3, -0.25) is 4.98 Å². The van der Waals surface area contributed by atoms with Gasteiger partial charge in [0.05, 0.1) is 15.7 Å². The molecule has 0 spiro atoms. The van der Waals surface area contributed by atoms with Crippen molar-refractivity contribution in [2.24, 2.45) is 0 Å². The van der Waals surface area contributed by atoms with E-state index in [2.05, 4.69) is 35.1 Å². The van der Waals surface area contributed by atoms with Gasteiger partial charge >= 0.3 is 0 Å². The second-order valence-corrected chi connectivity index (χ2v) is 6.57. The lowest BCUT2D eigenvalue weighted by atomic mass is 10.2. The number of fused-ring (bicyclic) bond motifs is 1. The number of hydrogen-bond donors (Lipinski definition) is 1. The second kappa shape index (κ2) is 6.68. The molecule has 4 rings (SSSR count). The standard InChI is InChI=1S/C14H12N2S.C3H3NS/c1-9-2-7-12-13(8-9)17-14(16-12)10-3-5-11(15)6-4-10;1-2-5-3-4-1/h2-8H,15H2,1H3;1-3H. The largest absolute Gasteiger partial charge is 0.399 e. The number of benzene rings is 2. The van der Waals surface area contributed by atoms with Gasteiger partial charge in [0.1, 0.15) is 5.01 Å². The second-order valence-electron chi connectivity index (χ2n) is 4.79. The number of rotatable bonds is 1. The highest BCUT2D eigenvalue weighted by molar-refractivity contribution is 7.21. The molecule has 0 fully saturated rings. The van der Waals surface area contributed by atoms with Crippen LogP contribution in [0, 0.1) is 6.92 Å². The van der Waals surface area contributed by atoms with Gasteiger partial charge in [-0.15, -0.1) is 22.7 Å². The molecule has 5 heteroatoms. The Morgan fingerprint density at radius 2 is 1.86 bits per heavy atom. The number of nitrogen functional groups attached to an aromatic ring is 1. The summed E-state index contributed by atoms with van der Waals surface area (Å²) < 4.78 is 1.23. The Balaban J connectivity index is 0.000000246. The molecule has 3 nitrogen and oxygen atoms in total. The van der Waals surface area contributed by atoms with Gasteiger partial charge in [-0.05, 0) is 48.9 Å². The van der Waals surface area contributed by atoms with Crippen molar-refractivity contribution in [2.45, 2.75) is 6.92 Å². The Morgan fingerprint density at radius 1 is 1.05 bits per heavy atom. The van der Waals surface area contributed by atoms with E-state index in [1.54, 1.807) is 34.4 Å². The molecule has 0 unspecified atom stereocenters. The van der Waals surface area contributed by atoms with Crippen molar-refractivity contribution in [1.82, 2.24) is 9.97 Å². The maximum absolute atomic E-state index is 5.68. The monoisotopic (exact) mass is 325 g/mol. The van der Waals surface area contributed by atoms with Gasteiger partial charge in [-0.2, -0.15) is 0 Å². The molecule has 22 heavy (non-hydrogen) atoms. The molecule has 0 aliphatic carbocycles. The van der Waals surface area contributed by atoms with Crippen molar-refractivity contribution < 1.29 is 0 Å². The molecule has 110 valence electrons. The third-order valence-corrected chi connectivity index (χ3v) is 4.64. The van der Waals surface area contributed by atoms with E-state index < -0.39 is 0 Å². The molecular weight excluding hydrogens is 310 g/mol. The highest BCUT2D eigenvalue weighted by atomic mass is 32.1. The smallest absolute Gasteiger partial charge is 0.124 e. The van der Waals surface area contributed by atoms with E-state index in [-0.39, 0.29) is 0 Å². The van der Waals surface area contributed by atoms with Crippen LogP contribution in [0.1, 0.15) is 5.56 Å². The predicted molar refractivity (Wildman–Crippen MR) is 96.3 cm³/mol. The van der Waals surface area contributed by atoms with Crippen molar-refractivity contribution in [3.8, 4) is 10.6 Å². The first-order valence-electron chi connectivity index (χ1n) is 6.77. The van der Waals surface area contributed by atoms with Crippen LogP contribution in [0.3, 0.4) is 0 Å². The van der Waals surface area contributed by atoms with Gasteiger partial charge in [0.15, 0.2) is 0 Å². The van der Waals surface area contributed by atoms with E-state index in [4.69, 9.17) is 5.73 Å². The lowest BCUT2D eigenvalue weighted by Gasteiger charge is -1.95. The van der Waals surface area contributed by atoms with E-state index in [1.165, 1.54) is 10.3 Å². The molecule has 0 saturated heterocycles. The Labute approximate surface area is 137 Å². The molecule has 0 saturated carbocycles. The third kappa shape index (κ3) is 3.50. The van der Waals surface area contributed by atoms with Crippen LogP contribution < -0.4 is 5.73 Å². The lowest BCUT2D eigenvalue weighted by molar-refractivity contribution is 1.43. The lowest BCUT2D eigenvalue weighted by Crippen LogP contribution is -1.83. The zero-order valence-electron chi connectivity index (χ0n) is 12.1. The number of nitrogens with two attached hydrogens (primary N) is 1. The minimum absolute atomic E-state index is 0.783. The van der Waals surface area contributed by atoms with Crippen LogP contribution >= 0.6 is 22.7 Å². The molecule has 2 aromatic carbocycles. The first kappa shape index (κ1) is 14.7. The molecule has 0 aliphatic heterocycles. The molecule has 0 bridgehead atoms. The molecule has 2 N–H and O–H groups in total. The Kier molecular flexibility index (Phi) is 4.46. The first-order valence-corrected chi connectivity index (χ1v) is 8.53. The maximum Gasteiger partial charge on any atom is 0.124 e. The SMILES string of the molecule is Cc1ccc2nc(-c3ccc(N)cc3)sc2c1.c1cscn1. The van der Waals surface area contributed by atoms with Crippen LogP contribution in [0.5, 0.6) is 0 Å². The van der Waals surface area contributed by atoms with Gasteiger partial charge in [0.2, 0.25) is 0 Å². The summed E-state index contributed by atoms with van der Waals surface area (Å²) in [5.41, 5.74) is 11.7. The summed E-state index contributed by atoms with van der Waals surface area (Å²) in [7, 11) is 0. The van der Waals surface area contributed by atoms with Gasteiger partial charge in [-0.1, -0.05) is 6.07 Å². The fourth-order valence-corrected chi connectivity index (χ4v) is 3.38. The van der Waals surface area contributed by atoms with Crippen molar-refractivity contribution in [3.63, 3.8) is 0 Å². The number of thiazole rings is 2. The minimum atomic E-state index is 0.783. The maximum atomic E-state index is 5.68. The zero-order valence-corrected chi connectivity index (χ0v) is 13.7. The predicted octanol–water partition coefficient (Wildman–Crippen LogP) is 5.00. The summed E-state index contributed by atoms with van der Waals surface area (Å²) in [6.45, 7) is 2.10. The Hall–Kier alpha value is -2.24. The topological polar surface area (TPSA) is 51.8 Å².